The molecule has 0 fully saturated rings. The first-order chi connectivity index (χ1) is 10.6. The normalized spacial score (nSPS) is 11.1. The van der Waals surface area contributed by atoms with E-state index in [1.807, 2.05) is 31.2 Å². The number of hydrogen-bond donors (Lipinski definition) is 2. The van der Waals surface area contributed by atoms with E-state index in [-0.39, 0.29) is 43.8 Å². The van der Waals surface area contributed by atoms with Crippen molar-refractivity contribution < 1.29 is 19.1 Å². The van der Waals surface area contributed by atoms with Crippen molar-refractivity contribution in [1.29, 1.82) is 0 Å². The lowest BCUT2D eigenvalue weighted by Crippen LogP contribution is -2.35. The average Bonchev–Trinajstić information content (AvgIpc) is 2.53. The van der Waals surface area contributed by atoms with Crippen LogP contribution in [-0.4, -0.2) is 38.7 Å². The van der Waals surface area contributed by atoms with Gasteiger partial charge in [0.05, 0.1) is 19.6 Å². The monoisotopic (exact) mass is 344 g/mol. The van der Waals surface area contributed by atoms with Gasteiger partial charge in [0.2, 0.25) is 5.91 Å². The van der Waals surface area contributed by atoms with Crippen molar-refractivity contribution in [3.63, 3.8) is 0 Å². The van der Waals surface area contributed by atoms with Gasteiger partial charge in [0.15, 0.2) is 0 Å². The van der Waals surface area contributed by atoms with Crippen LogP contribution in [0.4, 0.5) is 0 Å². The molecule has 0 saturated heterocycles. The van der Waals surface area contributed by atoms with Gasteiger partial charge in [-0.05, 0) is 31.0 Å². The van der Waals surface area contributed by atoms with Gasteiger partial charge in [-0.1, -0.05) is 12.1 Å². The largest absolute Gasteiger partial charge is 0.494 e. The zero-order chi connectivity index (χ0) is 16.4. The quantitative estimate of drug-likeness (QED) is 0.659. The molecule has 0 heterocycles. The molecule has 0 bridgehead atoms. The number of carbonyl (C=O) groups is 2. The Morgan fingerprint density at radius 1 is 1.26 bits per heavy atom. The maximum absolute atomic E-state index is 11.8. The van der Waals surface area contributed by atoms with Crippen LogP contribution >= 0.6 is 12.4 Å². The summed E-state index contributed by atoms with van der Waals surface area (Å²) in [6, 6.07) is 7.53. The Morgan fingerprint density at radius 2 is 1.91 bits per heavy atom. The maximum atomic E-state index is 11.8. The highest BCUT2D eigenvalue weighted by Gasteiger charge is 2.20. The van der Waals surface area contributed by atoms with Crippen molar-refractivity contribution in [3.8, 4) is 5.75 Å². The molecular weight excluding hydrogens is 320 g/mol. The topological polar surface area (TPSA) is 90.6 Å². The molecule has 0 spiro atoms. The van der Waals surface area contributed by atoms with Gasteiger partial charge >= 0.3 is 5.97 Å². The first-order valence-corrected chi connectivity index (χ1v) is 7.37. The van der Waals surface area contributed by atoms with Gasteiger partial charge in [-0.15, -0.1) is 12.4 Å². The number of nitrogens with two attached hydrogens (primary N) is 1. The number of nitrogens with one attached hydrogen (secondary N) is 1. The number of esters is 1. The number of amides is 1. The van der Waals surface area contributed by atoms with E-state index < -0.39 is 5.92 Å². The molecule has 7 heteroatoms. The zero-order valence-electron chi connectivity index (χ0n) is 13.5. The molecular formula is C16H25ClN2O4. The molecule has 0 radical (unpaired) electrons. The van der Waals surface area contributed by atoms with Crippen molar-refractivity contribution >= 4 is 24.3 Å². The van der Waals surface area contributed by atoms with Gasteiger partial charge in [0.25, 0.3) is 0 Å². The van der Waals surface area contributed by atoms with E-state index in [0.717, 1.165) is 11.3 Å². The van der Waals surface area contributed by atoms with Crippen LogP contribution in [0.2, 0.25) is 0 Å². The van der Waals surface area contributed by atoms with Crippen molar-refractivity contribution in [2.24, 2.45) is 11.7 Å². The fraction of sp³-hybridized carbons (Fsp3) is 0.500. The molecule has 130 valence electrons. The highest BCUT2D eigenvalue weighted by Crippen LogP contribution is 2.15. The highest BCUT2D eigenvalue weighted by atomic mass is 35.5. The van der Waals surface area contributed by atoms with Gasteiger partial charge in [-0.25, -0.2) is 0 Å². The van der Waals surface area contributed by atoms with Gasteiger partial charge in [0.1, 0.15) is 5.75 Å². The van der Waals surface area contributed by atoms with E-state index in [2.05, 4.69) is 5.32 Å². The molecule has 1 amide bonds. The molecule has 0 aliphatic carbocycles. The van der Waals surface area contributed by atoms with E-state index in [1.54, 1.807) is 0 Å². The lowest BCUT2D eigenvalue weighted by molar-refractivity contribution is -0.145. The molecule has 0 aliphatic rings. The molecule has 3 N–H and O–H groups in total. The summed E-state index contributed by atoms with van der Waals surface area (Å²) in [6.45, 7) is 3.05. The lowest BCUT2D eigenvalue weighted by atomic mass is 9.99. The number of hydrogen-bond acceptors (Lipinski definition) is 5. The predicted molar refractivity (Wildman–Crippen MR) is 90.8 cm³/mol. The number of ether oxygens (including phenoxy) is 2. The summed E-state index contributed by atoms with van der Waals surface area (Å²) >= 11 is 0. The van der Waals surface area contributed by atoms with E-state index >= 15 is 0 Å². The van der Waals surface area contributed by atoms with E-state index in [4.69, 9.17) is 15.2 Å². The summed E-state index contributed by atoms with van der Waals surface area (Å²) in [5.74, 6) is -0.146. The molecule has 0 aromatic heterocycles. The fourth-order valence-corrected chi connectivity index (χ4v) is 2.03. The fourth-order valence-electron chi connectivity index (χ4n) is 2.03. The second-order valence-corrected chi connectivity index (χ2v) is 4.84. The zero-order valence-corrected chi connectivity index (χ0v) is 14.4. The van der Waals surface area contributed by atoms with Crippen LogP contribution in [0.15, 0.2) is 24.3 Å². The number of halogens is 1. The number of methoxy groups -OCH3 is 1. The van der Waals surface area contributed by atoms with Crippen LogP contribution in [0, 0.1) is 5.92 Å². The molecule has 0 aliphatic heterocycles. The first-order valence-electron chi connectivity index (χ1n) is 7.37. The van der Waals surface area contributed by atoms with Crippen molar-refractivity contribution in [2.75, 3.05) is 26.8 Å². The summed E-state index contributed by atoms with van der Waals surface area (Å²) in [5, 5.41) is 2.71. The minimum atomic E-state index is -0.426. The van der Waals surface area contributed by atoms with Crippen LogP contribution in [0.25, 0.3) is 0 Å². The molecule has 1 aromatic rings. The Morgan fingerprint density at radius 3 is 2.43 bits per heavy atom. The van der Waals surface area contributed by atoms with Crippen molar-refractivity contribution in [2.45, 2.75) is 19.8 Å². The second-order valence-electron chi connectivity index (χ2n) is 4.84. The summed E-state index contributed by atoms with van der Waals surface area (Å²) < 4.78 is 10.2. The lowest BCUT2D eigenvalue weighted by Gasteiger charge is -2.16. The van der Waals surface area contributed by atoms with Crippen LogP contribution in [0.3, 0.4) is 0 Å². The third-order valence-electron chi connectivity index (χ3n) is 3.17. The molecule has 1 rings (SSSR count). The smallest absolute Gasteiger partial charge is 0.310 e. The third kappa shape index (κ3) is 7.85. The minimum absolute atomic E-state index is 0. The Kier molecular flexibility index (Phi) is 10.8. The average molecular weight is 345 g/mol. The number of benzene rings is 1. The van der Waals surface area contributed by atoms with Gasteiger partial charge in [-0.3, -0.25) is 9.59 Å². The maximum Gasteiger partial charge on any atom is 0.310 e. The Bertz CT molecular complexity index is 479. The summed E-state index contributed by atoms with van der Waals surface area (Å²) in [4.78, 5) is 23.3. The molecule has 6 nitrogen and oxygen atoms in total. The van der Waals surface area contributed by atoms with E-state index in [1.165, 1.54) is 7.11 Å². The van der Waals surface area contributed by atoms with Gasteiger partial charge in [0, 0.05) is 19.5 Å². The standard InChI is InChI=1S/C16H24N2O4.ClH/c1-3-22-14-6-4-12(5-7-14)10-13(16(20)21-2)11-18-15(19)8-9-17;/h4-7,13H,3,8-11,17H2,1-2H3,(H,18,19);1H. The van der Waals surface area contributed by atoms with Crippen LogP contribution in [-0.2, 0) is 20.7 Å². The first kappa shape index (κ1) is 21.2. The molecule has 1 atom stereocenters. The van der Waals surface area contributed by atoms with Crippen molar-refractivity contribution in [1.82, 2.24) is 5.32 Å². The third-order valence-corrected chi connectivity index (χ3v) is 3.17. The Balaban J connectivity index is 0.00000484. The second kappa shape index (κ2) is 11.7. The molecule has 0 saturated carbocycles. The van der Waals surface area contributed by atoms with Crippen LogP contribution in [0.1, 0.15) is 18.9 Å². The summed E-state index contributed by atoms with van der Waals surface area (Å²) in [6.07, 6.45) is 0.735. The van der Waals surface area contributed by atoms with Gasteiger partial charge in [-0.2, -0.15) is 0 Å². The molecule has 1 unspecified atom stereocenters. The number of rotatable bonds is 9. The molecule has 23 heavy (non-hydrogen) atoms. The summed E-state index contributed by atoms with van der Waals surface area (Å²) in [5.41, 5.74) is 6.30. The minimum Gasteiger partial charge on any atom is -0.494 e. The van der Waals surface area contributed by atoms with Gasteiger partial charge < -0.3 is 20.5 Å². The summed E-state index contributed by atoms with van der Waals surface area (Å²) in [7, 11) is 1.34. The highest BCUT2D eigenvalue weighted by molar-refractivity contribution is 5.85. The predicted octanol–water partition coefficient (Wildman–Crippen LogP) is 1.30. The van der Waals surface area contributed by atoms with E-state index in [9.17, 15) is 9.59 Å². The van der Waals surface area contributed by atoms with Crippen molar-refractivity contribution in [3.05, 3.63) is 29.8 Å². The van der Waals surface area contributed by atoms with E-state index in [0.29, 0.717) is 13.0 Å². The Hall–Kier alpha value is -1.79. The van der Waals surface area contributed by atoms with Crippen LogP contribution in [0.5, 0.6) is 5.75 Å². The number of carbonyl (C=O) groups excluding carboxylic acids is 2. The van der Waals surface area contributed by atoms with Crippen LogP contribution < -0.4 is 15.8 Å². The SMILES string of the molecule is CCOc1ccc(CC(CNC(=O)CCN)C(=O)OC)cc1.Cl. The molecule has 1 aromatic carbocycles. The Labute approximate surface area is 143 Å².